The number of rotatable bonds is 3. The maximum atomic E-state index is 10.2. The average molecular weight is 202 g/mol. The Morgan fingerprint density at radius 3 is 2.92 bits per heavy atom. The van der Waals surface area contributed by atoms with Crippen LogP contribution in [0.1, 0.15) is 18.0 Å². The van der Waals surface area contributed by atoms with E-state index in [1.165, 1.54) is 0 Å². The van der Waals surface area contributed by atoms with E-state index in [0.29, 0.717) is 13.0 Å². The lowest BCUT2D eigenvalue weighted by Crippen LogP contribution is -2.14. The molecule has 1 amide bonds. The Hall–Kier alpha value is -1.10. The summed E-state index contributed by atoms with van der Waals surface area (Å²) in [6.45, 7) is 2.26. The molecule has 0 atom stereocenters. The van der Waals surface area contributed by atoms with Gasteiger partial charge in [-0.1, -0.05) is 7.43 Å². The lowest BCUT2D eigenvalue weighted by atomic mass is 10.3. The van der Waals surface area contributed by atoms with Crippen molar-refractivity contribution in [1.82, 2.24) is 4.98 Å². The summed E-state index contributed by atoms with van der Waals surface area (Å²) in [5.41, 5.74) is 7.56. The summed E-state index contributed by atoms with van der Waals surface area (Å²) in [7, 11) is 0. The molecule has 0 radical (unpaired) electrons. The molecule has 1 aromatic heterocycles. The molecule has 1 rings (SSSR count). The van der Waals surface area contributed by atoms with Crippen LogP contribution in [0.15, 0.2) is 5.51 Å². The van der Waals surface area contributed by atoms with Gasteiger partial charge in [-0.25, -0.2) is 9.78 Å². The minimum atomic E-state index is -0.725. The molecule has 0 aromatic carbocycles. The van der Waals surface area contributed by atoms with Gasteiger partial charge in [0.25, 0.3) is 0 Å². The Bertz CT molecular complexity index is 273. The van der Waals surface area contributed by atoms with E-state index in [4.69, 9.17) is 5.73 Å². The molecule has 74 valence electrons. The number of nitrogens with zero attached hydrogens (tertiary/aromatic N) is 1. The smallest absolute Gasteiger partial charge is 0.404 e. The van der Waals surface area contributed by atoms with Crippen LogP contribution in [-0.2, 0) is 11.2 Å². The number of carbonyl (C=O) groups is 1. The summed E-state index contributed by atoms with van der Waals surface area (Å²) in [4.78, 5) is 15.4. The van der Waals surface area contributed by atoms with Gasteiger partial charge in [0.2, 0.25) is 0 Å². The molecule has 0 unspecified atom stereocenters. The monoisotopic (exact) mass is 202 g/mol. The van der Waals surface area contributed by atoms with Crippen LogP contribution in [0, 0.1) is 6.92 Å². The van der Waals surface area contributed by atoms with Crippen molar-refractivity contribution in [1.29, 1.82) is 0 Å². The van der Waals surface area contributed by atoms with Gasteiger partial charge in [-0.3, -0.25) is 0 Å². The lowest BCUT2D eigenvalue weighted by Gasteiger charge is -1.98. The van der Waals surface area contributed by atoms with Crippen molar-refractivity contribution in [3.8, 4) is 0 Å². The molecule has 0 aliphatic carbocycles. The van der Waals surface area contributed by atoms with Crippen LogP contribution in [0.25, 0.3) is 0 Å². The molecular weight excluding hydrogens is 188 g/mol. The standard InChI is InChI=1S/C7H10N2O2S.CH4/c1-5-6(12-4-9-5)2-3-11-7(8)10;/h4H,2-3H2,1H3,(H2,8,10);1H4. The maximum Gasteiger partial charge on any atom is 0.404 e. The third kappa shape index (κ3) is 3.89. The Kier molecular flexibility index (Phi) is 5.06. The highest BCUT2D eigenvalue weighted by Gasteiger charge is 2.01. The van der Waals surface area contributed by atoms with E-state index in [2.05, 4.69) is 9.72 Å². The first-order valence-corrected chi connectivity index (χ1v) is 4.39. The molecule has 0 spiro atoms. The van der Waals surface area contributed by atoms with E-state index >= 15 is 0 Å². The molecule has 5 heteroatoms. The van der Waals surface area contributed by atoms with Gasteiger partial charge in [0.1, 0.15) is 0 Å². The van der Waals surface area contributed by atoms with Gasteiger partial charge in [-0.15, -0.1) is 11.3 Å². The predicted octanol–water partition coefficient (Wildman–Crippen LogP) is 1.73. The van der Waals surface area contributed by atoms with Crippen LogP contribution in [0.4, 0.5) is 4.79 Å². The number of carbonyl (C=O) groups excluding carboxylic acids is 1. The number of aromatic nitrogens is 1. The summed E-state index contributed by atoms with van der Waals surface area (Å²) in [5.74, 6) is 0. The van der Waals surface area contributed by atoms with Crippen LogP contribution in [0.5, 0.6) is 0 Å². The number of ether oxygens (including phenoxy) is 1. The fourth-order valence-electron chi connectivity index (χ4n) is 0.810. The highest BCUT2D eigenvalue weighted by molar-refractivity contribution is 7.09. The zero-order chi connectivity index (χ0) is 8.97. The third-order valence-corrected chi connectivity index (χ3v) is 2.41. The maximum absolute atomic E-state index is 10.2. The molecule has 0 saturated carbocycles. The fourth-order valence-corrected chi connectivity index (χ4v) is 1.57. The summed E-state index contributed by atoms with van der Waals surface area (Å²) < 4.78 is 4.59. The highest BCUT2D eigenvalue weighted by atomic mass is 32.1. The first-order chi connectivity index (χ1) is 5.70. The molecule has 0 saturated heterocycles. The van der Waals surface area contributed by atoms with Gasteiger partial charge in [0.05, 0.1) is 17.8 Å². The highest BCUT2D eigenvalue weighted by Crippen LogP contribution is 2.12. The van der Waals surface area contributed by atoms with Crippen molar-refractivity contribution < 1.29 is 9.53 Å². The van der Waals surface area contributed by atoms with Crippen molar-refractivity contribution in [2.45, 2.75) is 20.8 Å². The first kappa shape index (κ1) is 11.9. The van der Waals surface area contributed by atoms with Crippen LogP contribution in [0.2, 0.25) is 0 Å². The first-order valence-electron chi connectivity index (χ1n) is 3.51. The van der Waals surface area contributed by atoms with E-state index in [-0.39, 0.29) is 7.43 Å². The van der Waals surface area contributed by atoms with Gasteiger partial charge >= 0.3 is 6.09 Å². The normalized spacial score (nSPS) is 9.00. The molecule has 2 N–H and O–H groups in total. The number of hydrogen-bond acceptors (Lipinski definition) is 4. The second-order valence-electron chi connectivity index (χ2n) is 2.28. The fraction of sp³-hybridized carbons (Fsp3) is 0.500. The molecule has 1 heterocycles. The summed E-state index contributed by atoms with van der Waals surface area (Å²) in [6, 6.07) is 0. The van der Waals surface area contributed by atoms with Crippen LogP contribution in [0.3, 0.4) is 0 Å². The van der Waals surface area contributed by atoms with Crippen LogP contribution < -0.4 is 5.73 Å². The topological polar surface area (TPSA) is 65.2 Å². The molecule has 1 aromatic rings. The molecule has 4 nitrogen and oxygen atoms in total. The van der Waals surface area contributed by atoms with E-state index in [0.717, 1.165) is 10.6 Å². The molecule has 13 heavy (non-hydrogen) atoms. The van der Waals surface area contributed by atoms with Gasteiger partial charge in [0, 0.05) is 11.3 Å². The minimum Gasteiger partial charge on any atom is -0.449 e. The zero-order valence-corrected chi connectivity index (χ0v) is 7.56. The minimum absolute atomic E-state index is 0. The Morgan fingerprint density at radius 2 is 2.46 bits per heavy atom. The second-order valence-corrected chi connectivity index (χ2v) is 3.22. The average Bonchev–Trinajstić information content (AvgIpc) is 2.36. The van der Waals surface area contributed by atoms with Crippen LogP contribution in [-0.4, -0.2) is 17.7 Å². The number of hydrogen-bond donors (Lipinski definition) is 1. The van der Waals surface area contributed by atoms with E-state index in [1.807, 2.05) is 6.92 Å². The number of primary amides is 1. The largest absolute Gasteiger partial charge is 0.449 e. The third-order valence-electron chi connectivity index (χ3n) is 1.42. The molecule has 0 aliphatic rings. The molecular formula is C8H14N2O2S. The lowest BCUT2D eigenvalue weighted by molar-refractivity contribution is 0.158. The number of thiazole rings is 1. The predicted molar refractivity (Wildman–Crippen MR) is 52.8 cm³/mol. The molecule has 0 aliphatic heterocycles. The quantitative estimate of drug-likeness (QED) is 0.811. The van der Waals surface area contributed by atoms with Crippen molar-refractivity contribution in [3.63, 3.8) is 0 Å². The molecule has 0 bridgehead atoms. The van der Waals surface area contributed by atoms with Crippen molar-refractivity contribution in [2.24, 2.45) is 5.73 Å². The van der Waals surface area contributed by atoms with E-state index in [1.54, 1.807) is 16.8 Å². The van der Waals surface area contributed by atoms with Crippen LogP contribution >= 0.6 is 11.3 Å². The van der Waals surface area contributed by atoms with Crippen molar-refractivity contribution >= 4 is 17.4 Å². The van der Waals surface area contributed by atoms with Gasteiger partial charge in [-0.05, 0) is 6.92 Å². The Labute approximate surface area is 81.7 Å². The van der Waals surface area contributed by atoms with E-state index in [9.17, 15) is 4.79 Å². The number of nitrogens with two attached hydrogens (primary N) is 1. The second kappa shape index (κ2) is 5.53. The number of amides is 1. The number of aryl methyl sites for hydroxylation is 1. The Balaban J connectivity index is 0.00000144. The SMILES string of the molecule is C.Cc1ncsc1CCOC(N)=O. The van der Waals surface area contributed by atoms with Gasteiger partial charge in [-0.2, -0.15) is 0 Å². The summed E-state index contributed by atoms with van der Waals surface area (Å²) in [6.07, 6.45) is -0.0310. The zero-order valence-electron chi connectivity index (χ0n) is 6.74. The molecule has 0 fully saturated rings. The summed E-state index contributed by atoms with van der Waals surface area (Å²) >= 11 is 1.56. The summed E-state index contributed by atoms with van der Waals surface area (Å²) in [5, 5.41) is 0. The van der Waals surface area contributed by atoms with Gasteiger partial charge < -0.3 is 10.5 Å². The van der Waals surface area contributed by atoms with Gasteiger partial charge in [0.15, 0.2) is 0 Å². The Morgan fingerprint density at radius 1 is 1.77 bits per heavy atom. The van der Waals surface area contributed by atoms with Crippen molar-refractivity contribution in [2.75, 3.05) is 6.61 Å². The van der Waals surface area contributed by atoms with E-state index < -0.39 is 6.09 Å². The van der Waals surface area contributed by atoms with Crippen molar-refractivity contribution in [3.05, 3.63) is 16.1 Å².